The van der Waals surface area contributed by atoms with E-state index in [1.807, 2.05) is 18.2 Å². The molecule has 1 aromatic rings. The second-order valence-corrected chi connectivity index (χ2v) is 5.46. The number of hydrogen-bond acceptors (Lipinski definition) is 4. The zero-order chi connectivity index (χ0) is 15.0. The van der Waals surface area contributed by atoms with Gasteiger partial charge in [-0.05, 0) is 36.5 Å². The summed E-state index contributed by atoms with van der Waals surface area (Å²) < 4.78 is 10.2. The summed E-state index contributed by atoms with van der Waals surface area (Å²) in [6, 6.07) is 5.39. The van der Waals surface area contributed by atoms with Gasteiger partial charge in [0.1, 0.15) is 11.8 Å². The molecular weight excluding hydrogens is 270 g/mol. The van der Waals surface area contributed by atoms with E-state index in [4.69, 9.17) is 9.47 Å². The number of likely N-dealkylation sites (tertiary alicyclic amines) is 1. The predicted molar refractivity (Wildman–Crippen MR) is 75.9 cm³/mol. The molecule has 1 amide bonds. The van der Waals surface area contributed by atoms with Crippen LogP contribution in [0, 0.1) is 0 Å². The first-order chi connectivity index (χ1) is 10.2. The number of carbonyl (C=O) groups excluding carboxylic acids is 2. The fraction of sp³-hybridized carbons (Fsp3) is 0.500. The molecule has 5 nitrogen and oxygen atoms in total. The lowest BCUT2D eigenvalue weighted by molar-refractivity contribution is -0.150. The Morgan fingerprint density at radius 3 is 2.76 bits per heavy atom. The Bertz CT molecular complexity index is 584. The first-order valence-electron chi connectivity index (χ1n) is 7.22. The monoisotopic (exact) mass is 289 g/mol. The first-order valence-corrected chi connectivity index (χ1v) is 7.22. The lowest BCUT2D eigenvalue weighted by Crippen LogP contribution is -2.41. The molecule has 1 aliphatic carbocycles. The number of ether oxygens (including phenoxy) is 2. The molecule has 1 fully saturated rings. The molecule has 2 unspecified atom stereocenters. The van der Waals surface area contributed by atoms with Crippen molar-refractivity contribution in [1.29, 1.82) is 0 Å². The van der Waals surface area contributed by atoms with Crippen molar-refractivity contribution in [2.45, 2.75) is 37.8 Å². The summed E-state index contributed by atoms with van der Waals surface area (Å²) in [7, 11) is 3.02. The highest BCUT2D eigenvalue weighted by Crippen LogP contribution is 2.43. The third kappa shape index (κ3) is 2.17. The smallest absolute Gasteiger partial charge is 0.328 e. The Morgan fingerprint density at radius 1 is 1.24 bits per heavy atom. The molecule has 3 rings (SSSR count). The van der Waals surface area contributed by atoms with Crippen molar-refractivity contribution in [2.24, 2.45) is 0 Å². The van der Waals surface area contributed by atoms with E-state index in [1.165, 1.54) is 7.11 Å². The highest BCUT2D eigenvalue weighted by molar-refractivity contribution is 5.88. The fourth-order valence-electron chi connectivity index (χ4n) is 3.54. The van der Waals surface area contributed by atoms with E-state index in [0.717, 1.165) is 29.7 Å². The number of methoxy groups -OCH3 is 2. The van der Waals surface area contributed by atoms with Gasteiger partial charge in [0, 0.05) is 6.42 Å². The topological polar surface area (TPSA) is 55.8 Å². The van der Waals surface area contributed by atoms with Crippen molar-refractivity contribution in [2.75, 3.05) is 14.2 Å². The summed E-state index contributed by atoms with van der Waals surface area (Å²) in [5.74, 6) is 0.569. The van der Waals surface area contributed by atoms with Gasteiger partial charge in [0.2, 0.25) is 5.91 Å². The van der Waals surface area contributed by atoms with E-state index in [2.05, 4.69) is 0 Å². The summed E-state index contributed by atoms with van der Waals surface area (Å²) in [5, 5.41) is 0. The average molecular weight is 289 g/mol. The second-order valence-electron chi connectivity index (χ2n) is 5.46. The molecule has 2 aliphatic rings. The third-order valence-corrected chi connectivity index (χ3v) is 4.48. The highest BCUT2D eigenvalue weighted by Gasteiger charge is 2.43. The van der Waals surface area contributed by atoms with Crippen LogP contribution in [0.1, 0.15) is 36.4 Å². The van der Waals surface area contributed by atoms with Gasteiger partial charge >= 0.3 is 5.97 Å². The van der Waals surface area contributed by atoms with Crippen molar-refractivity contribution in [3.63, 3.8) is 0 Å². The standard InChI is InChI=1S/C16H19NO4/c1-20-14-5-3-4-10-11(14)6-7-12(10)17-13(16(19)21-2)8-9-15(17)18/h3-5,12-13H,6-9H2,1-2H3. The Hall–Kier alpha value is -2.04. The maximum Gasteiger partial charge on any atom is 0.328 e. The lowest BCUT2D eigenvalue weighted by atomic mass is 10.1. The van der Waals surface area contributed by atoms with Crippen LogP contribution < -0.4 is 4.74 Å². The molecule has 1 heterocycles. The normalized spacial score (nSPS) is 24.1. The van der Waals surface area contributed by atoms with Gasteiger partial charge in [0.15, 0.2) is 0 Å². The van der Waals surface area contributed by atoms with Gasteiger partial charge in [0.25, 0.3) is 0 Å². The molecule has 0 N–H and O–H groups in total. The molecule has 21 heavy (non-hydrogen) atoms. The van der Waals surface area contributed by atoms with Crippen LogP contribution in [0.15, 0.2) is 18.2 Å². The number of esters is 1. The summed E-state index contributed by atoms with van der Waals surface area (Å²) in [5.41, 5.74) is 2.24. The Balaban J connectivity index is 1.96. The van der Waals surface area contributed by atoms with E-state index >= 15 is 0 Å². The lowest BCUT2D eigenvalue weighted by Gasteiger charge is -2.30. The number of fused-ring (bicyclic) bond motifs is 1. The van der Waals surface area contributed by atoms with Gasteiger partial charge in [0.05, 0.1) is 20.3 Å². The minimum absolute atomic E-state index is 0.0334. The summed E-state index contributed by atoms with van der Waals surface area (Å²) in [6.07, 6.45) is 2.65. The van der Waals surface area contributed by atoms with Crippen LogP contribution in [0.2, 0.25) is 0 Å². The summed E-state index contributed by atoms with van der Waals surface area (Å²) >= 11 is 0. The van der Waals surface area contributed by atoms with Gasteiger partial charge in [-0.15, -0.1) is 0 Å². The number of hydrogen-bond donors (Lipinski definition) is 0. The van der Waals surface area contributed by atoms with Crippen molar-refractivity contribution in [1.82, 2.24) is 4.90 Å². The molecule has 2 atom stereocenters. The molecule has 1 aromatic carbocycles. The van der Waals surface area contributed by atoms with Crippen LogP contribution >= 0.6 is 0 Å². The van der Waals surface area contributed by atoms with E-state index in [0.29, 0.717) is 12.8 Å². The molecule has 1 saturated heterocycles. The average Bonchev–Trinajstić information content (AvgIpc) is 3.09. The maximum absolute atomic E-state index is 12.2. The van der Waals surface area contributed by atoms with Crippen molar-refractivity contribution in [3.05, 3.63) is 29.3 Å². The largest absolute Gasteiger partial charge is 0.496 e. The third-order valence-electron chi connectivity index (χ3n) is 4.48. The number of amides is 1. The van der Waals surface area contributed by atoms with Crippen molar-refractivity contribution < 1.29 is 19.1 Å². The molecule has 0 radical (unpaired) electrons. The van der Waals surface area contributed by atoms with Crippen LogP contribution in [0.3, 0.4) is 0 Å². The summed E-state index contributed by atoms with van der Waals surface area (Å²) in [4.78, 5) is 25.9. The Labute approximate surface area is 123 Å². The Morgan fingerprint density at radius 2 is 2.05 bits per heavy atom. The minimum Gasteiger partial charge on any atom is -0.496 e. The molecule has 0 saturated carbocycles. The molecule has 0 bridgehead atoms. The van der Waals surface area contributed by atoms with Crippen LogP contribution in [-0.2, 0) is 20.7 Å². The second kappa shape index (κ2) is 5.39. The highest BCUT2D eigenvalue weighted by atomic mass is 16.5. The van der Waals surface area contributed by atoms with Gasteiger partial charge in [-0.3, -0.25) is 4.79 Å². The molecule has 1 aliphatic heterocycles. The van der Waals surface area contributed by atoms with E-state index in [1.54, 1.807) is 12.0 Å². The quantitative estimate of drug-likeness (QED) is 0.797. The fourth-order valence-corrected chi connectivity index (χ4v) is 3.54. The van der Waals surface area contributed by atoms with Gasteiger partial charge in [-0.25, -0.2) is 4.79 Å². The molecule has 0 spiro atoms. The zero-order valence-corrected chi connectivity index (χ0v) is 12.3. The predicted octanol–water partition coefficient (Wildman–Crippen LogP) is 1.85. The number of carbonyl (C=O) groups is 2. The first kappa shape index (κ1) is 13.9. The molecule has 0 aromatic heterocycles. The van der Waals surface area contributed by atoms with Crippen molar-refractivity contribution >= 4 is 11.9 Å². The van der Waals surface area contributed by atoms with Gasteiger partial charge in [-0.1, -0.05) is 12.1 Å². The van der Waals surface area contributed by atoms with Crippen LogP contribution in [0.5, 0.6) is 5.75 Å². The SMILES string of the molecule is COC(=O)C1CCC(=O)N1C1CCc2c(OC)cccc21. The van der Waals surface area contributed by atoms with E-state index in [-0.39, 0.29) is 17.9 Å². The number of benzene rings is 1. The molecular formula is C16H19NO4. The van der Waals surface area contributed by atoms with Crippen molar-refractivity contribution in [3.8, 4) is 5.75 Å². The number of rotatable bonds is 3. The summed E-state index contributed by atoms with van der Waals surface area (Å²) in [6.45, 7) is 0. The van der Waals surface area contributed by atoms with E-state index < -0.39 is 6.04 Å². The van der Waals surface area contributed by atoms with E-state index in [9.17, 15) is 9.59 Å². The van der Waals surface area contributed by atoms with Gasteiger partial charge < -0.3 is 14.4 Å². The number of nitrogens with zero attached hydrogens (tertiary/aromatic N) is 1. The van der Waals surface area contributed by atoms with Crippen LogP contribution in [0.25, 0.3) is 0 Å². The van der Waals surface area contributed by atoms with Crippen LogP contribution in [-0.4, -0.2) is 37.0 Å². The van der Waals surface area contributed by atoms with Gasteiger partial charge in [-0.2, -0.15) is 0 Å². The Kier molecular flexibility index (Phi) is 3.57. The zero-order valence-electron chi connectivity index (χ0n) is 12.3. The molecule has 112 valence electrons. The minimum atomic E-state index is -0.454. The molecule has 5 heteroatoms. The van der Waals surface area contributed by atoms with Crippen LogP contribution in [0.4, 0.5) is 0 Å². The maximum atomic E-state index is 12.2.